The molecular weight excluding hydrogens is 332 g/mol. The summed E-state index contributed by atoms with van der Waals surface area (Å²) in [5.41, 5.74) is -0.0695. The first kappa shape index (κ1) is 18.4. The maximum atomic E-state index is 13.0. The molecule has 0 bridgehead atoms. The highest BCUT2D eigenvalue weighted by molar-refractivity contribution is 6.08. The summed E-state index contributed by atoms with van der Waals surface area (Å²) in [5.74, 6) is -0.565. The van der Waals surface area contributed by atoms with Gasteiger partial charge in [0.2, 0.25) is 0 Å². The van der Waals surface area contributed by atoms with Crippen molar-refractivity contribution in [3.05, 3.63) is 35.9 Å². The van der Waals surface area contributed by atoms with Crippen molar-refractivity contribution in [3.8, 4) is 0 Å². The van der Waals surface area contributed by atoms with Gasteiger partial charge >= 0.3 is 12.0 Å². The van der Waals surface area contributed by atoms with Crippen LogP contribution in [0.25, 0.3) is 0 Å². The third kappa shape index (κ3) is 3.74. The Morgan fingerprint density at radius 1 is 1.23 bits per heavy atom. The first-order valence-electron chi connectivity index (χ1n) is 9.04. The lowest BCUT2D eigenvalue weighted by Crippen LogP contribution is -2.54. The molecule has 1 heterocycles. The normalized spacial score (nSPS) is 27.5. The number of nitrogens with zero attached hydrogens (tertiary/aromatic N) is 1. The van der Waals surface area contributed by atoms with Crippen LogP contribution in [0.2, 0.25) is 0 Å². The molecule has 26 heavy (non-hydrogen) atoms. The van der Waals surface area contributed by atoms with Crippen molar-refractivity contribution in [3.63, 3.8) is 0 Å². The molecule has 1 saturated heterocycles. The van der Waals surface area contributed by atoms with Crippen LogP contribution in [0.5, 0.6) is 0 Å². The summed E-state index contributed by atoms with van der Waals surface area (Å²) in [6.07, 6.45) is 2.21. The maximum Gasteiger partial charge on any atom is 0.326 e. The number of urea groups is 1. The molecule has 3 amide bonds. The highest BCUT2D eigenvalue weighted by atomic mass is 16.5. The number of benzene rings is 1. The highest BCUT2D eigenvalue weighted by Gasteiger charge is 2.56. The topological polar surface area (TPSA) is 75.7 Å². The first-order valence-corrected chi connectivity index (χ1v) is 9.04. The minimum absolute atomic E-state index is 0.0373. The fraction of sp³-hybridized carbons (Fsp3) is 0.550. The second-order valence-corrected chi connectivity index (χ2v) is 8.40. The van der Waals surface area contributed by atoms with Gasteiger partial charge < -0.3 is 10.1 Å². The Kier molecular flexibility index (Phi) is 4.78. The Bertz CT molecular complexity index is 716. The van der Waals surface area contributed by atoms with E-state index in [4.69, 9.17) is 4.74 Å². The Morgan fingerprint density at radius 2 is 1.92 bits per heavy atom. The lowest BCUT2D eigenvalue weighted by atomic mass is 9.64. The van der Waals surface area contributed by atoms with Gasteiger partial charge in [-0.15, -0.1) is 0 Å². The van der Waals surface area contributed by atoms with E-state index < -0.39 is 17.5 Å². The van der Waals surface area contributed by atoms with E-state index in [0.29, 0.717) is 18.8 Å². The number of esters is 1. The van der Waals surface area contributed by atoms with Gasteiger partial charge in [-0.25, -0.2) is 4.79 Å². The molecule has 1 N–H and O–H groups in total. The Balaban J connectivity index is 1.65. The number of amides is 3. The third-order valence-electron chi connectivity index (χ3n) is 5.15. The molecule has 0 radical (unpaired) electrons. The van der Waals surface area contributed by atoms with E-state index in [0.717, 1.165) is 16.9 Å². The number of carbonyl (C=O) groups excluding carboxylic acids is 3. The molecular formula is C20H26N2O4. The quantitative estimate of drug-likeness (QED) is 0.663. The molecule has 0 aromatic heterocycles. The van der Waals surface area contributed by atoms with Crippen molar-refractivity contribution < 1.29 is 19.1 Å². The second kappa shape index (κ2) is 6.74. The van der Waals surface area contributed by atoms with E-state index >= 15 is 0 Å². The van der Waals surface area contributed by atoms with E-state index in [9.17, 15) is 14.4 Å². The van der Waals surface area contributed by atoms with Crippen LogP contribution in [-0.2, 0) is 20.9 Å². The van der Waals surface area contributed by atoms with Gasteiger partial charge in [0, 0.05) is 0 Å². The van der Waals surface area contributed by atoms with Crippen LogP contribution in [0.15, 0.2) is 30.3 Å². The summed E-state index contributed by atoms with van der Waals surface area (Å²) in [5, 5.41) is 2.86. The summed E-state index contributed by atoms with van der Waals surface area (Å²) in [7, 11) is 0. The minimum Gasteiger partial charge on any atom is -0.459 e. The molecule has 6 nitrogen and oxygen atoms in total. The molecule has 6 heteroatoms. The van der Waals surface area contributed by atoms with Gasteiger partial charge in [-0.2, -0.15) is 0 Å². The molecule has 0 unspecified atom stereocenters. The van der Waals surface area contributed by atoms with E-state index in [2.05, 4.69) is 26.1 Å². The largest absolute Gasteiger partial charge is 0.459 e. The van der Waals surface area contributed by atoms with Crippen molar-refractivity contribution in [2.45, 2.75) is 52.2 Å². The molecule has 2 atom stereocenters. The van der Waals surface area contributed by atoms with Crippen molar-refractivity contribution in [1.82, 2.24) is 10.2 Å². The first-order chi connectivity index (χ1) is 12.2. The second-order valence-electron chi connectivity index (χ2n) is 8.40. The van der Waals surface area contributed by atoms with E-state index in [1.165, 1.54) is 0 Å². The highest BCUT2D eigenvalue weighted by Crippen LogP contribution is 2.46. The van der Waals surface area contributed by atoms with Gasteiger partial charge in [0.1, 0.15) is 18.7 Å². The molecule has 2 fully saturated rings. The summed E-state index contributed by atoms with van der Waals surface area (Å²) >= 11 is 0. The standard InChI is InChI=1S/C20H26N2O4/c1-14-9-19(2,3)13-20(10-14)17(24)22(18(25)21-20)11-16(23)26-12-15-7-5-4-6-8-15/h4-8,14H,9-13H2,1-3H3,(H,21,25)/t14-,20-/m1/s1. The third-order valence-corrected chi connectivity index (χ3v) is 5.15. The zero-order valence-electron chi connectivity index (χ0n) is 15.6. The SMILES string of the molecule is C[C@@H]1CC(C)(C)C[C@@]2(C1)NC(=O)N(CC(=O)OCc1ccccc1)C2=O. The van der Waals surface area contributed by atoms with Gasteiger partial charge in [-0.3, -0.25) is 14.5 Å². The van der Waals surface area contributed by atoms with Crippen LogP contribution in [0, 0.1) is 11.3 Å². The van der Waals surface area contributed by atoms with E-state index in [1.54, 1.807) is 0 Å². The molecule has 1 aliphatic heterocycles. The molecule has 1 aromatic rings. The summed E-state index contributed by atoms with van der Waals surface area (Å²) < 4.78 is 5.21. The van der Waals surface area contributed by atoms with Crippen molar-refractivity contribution in [1.29, 1.82) is 0 Å². The van der Waals surface area contributed by atoms with Crippen molar-refractivity contribution in [2.24, 2.45) is 11.3 Å². The van der Waals surface area contributed by atoms with E-state index in [1.807, 2.05) is 30.3 Å². The zero-order valence-corrected chi connectivity index (χ0v) is 15.6. The van der Waals surface area contributed by atoms with Gasteiger partial charge in [0.05, 0.1) is 0 Å². The molecule has 1 aliphatic carbocycles. The van der Waals surface area contributed by atoms with Crippen LogP contribution in [0.1, 0.15) is 45.6 Å². The molecule has 140 valence electrons. The lowest BCUT2D eigenvalue weighted by Gasteiger charge is -2.43. The van der Waals surface area contributed by atoms with Crippen molar-refractivity contribution >= 4 is 17.9 Å². The monoisotopic (exact) mass is 358 g/mol. The Hall–Kier alpha value is -2.37. The number of rotatable bonds is 4. The van der Waals surface area contributed by atoms with Crippen LogP contribution in [0.4, 0.5) is 4.79 Å². The van der Waals surface area contributed by atoms with Crippen LogP contribution >= 0.6 is 0 Å². The predicted octanol–water partition coefficient (Wildman–Crippen LogP) is 2.87. The zero-order chi connectivity index (χ0) is 18.9. The lowest BCUT2D eigenvalue weighted by molar-refractivity contribution is -0.149. The number of hydrogen-bond donors (Lipinski definition) is 1. The fourth-order valence-corrected chi connectivity index (χ4v) is 4.56. The summed E-state index contributed by atoms with van der Waals surface area (Å²) in [6, 6.07) is 8.79. The predicted molar refractivity (Wildman–Crippen MR) is 96.0 cm³/mol. The smallest absolute Gasteiger partial charge is 0.326 e. The van der Waals surface area contributed by atoms with Crippen LogP contribution in [-0.4, -0.2) is 34.9 Å². The fourth-order valence-electron chi connectivity index (χ4n) is 4.56. The summed E-state index contributed by atoms with van der Waals surface area (Å²) in [4.78, 5) is 38.5. The van der Waals surface area contributed by atoms with Crippen LogP contribution in [0.3, 0.4) is 0 Å². The minimum atomic E-state index is -0.891. The molecule has 2 aliphatic rings. The number of ether oxygens (including phenoxy) is 1. The maximum absolute atomic E-state index is 13.0. The van der Waals surface area contributed by atoms with E-state index in [-0.39, 0.29) is 24.5 Å². The van der Waals surface area contributed by atoms with Crippen LogP contribution < -0.4 is 5.32 Å². The van der Waals surface area contributed by atoms with Crippen molar-refractivity contribution in [2.75, 3.05) is 6.54 Å². The molecule has 1 spiro atoms. The number of carbonyl (C=O) groups is 3. The van der Waals surface area contributed by atoms with Gasteiger partial charge in [-0.1, -0.05) is 51.1 Å². The Morgan fingerprint density at radius 3 is 2.58 bits per heavy atom. The molecule has 3 rings (SSSR count). The summed E-state index contributed by atoms with van der Waals surface area (Å²) in [6.45, 7) is 6.09. The van der Waals surface area contributed by atoms with Gasteiger partial charge in [0.25, 0.3) is 5.91 Å². The number of nitrogens with one attached hydrogen (secondary N) is 1. The Labute approximate surface area is 153 Å². The van der Waals surface area contributed by atoms with Gasteiger partial charge in [0.15, 0.2) is 0 Å². The average molecular weight is 358 g/mol. The molecule has 1 aromatic carbocycles. The average Bonchev–Trinajstić information content (AvgIpc) is 2.75. The number of hydrogen-bond acceptors (Lipinski definition) is 4. The van der Waals surface area contributed by atoms with Gasteiger partial charge in [-0.05, 0) is 36.2 Å². The molecule has 1 saturated carbocycles. The number of imide groups is 1.